The molecule has 0 fully saturated rings. The van der Waals surface area contributed by atoms with Crippen LogP contribution in [0.4, 0.5) is 0 Å². The normalized spacial score (nSPS) is 14.9. The molecule has 0 spiro atoms. The minimum Gasteiger partial charge on any atom is -0.390 e. The van der Waals surface area contributed by atoms with Gasteiger partial charge in [-0.1, -0.05) is 53.9 Å². The van der Waals surface area contributed by atoms with E-state index in [4.69, 9.17) is 0 Å². The highest BCUT2D eigenvalue weighted by Gasteiger charge is 2.20. The molecule has 0 saturated carbocycles. The van der Waals surface area contributed by atoms with Crippen LogP contribution in [0.1, 0.15) is 38.7 Å². The molecule has 0 saturated heterocycles. The van der Waals surface area contributed by atoms with Crippen molar-refractivity contribution in [2.24, 2.45) is 0 Å². The smallest absolute Gasteiger partial charge is 0.0660 e. The van der Waals surface area contributed by atoms with E-state index in [1.807, 2.05) is 25.1 Å². The SMILES string of the molecule is CCCCC(C)(O)Cc1ccccc1Br. The number of hydrogen-bond acceptors (Lipinski definition) is 1. The Morgan fingerprint density at radius 3 is 2.60 bits per heavy atom. The topological polar surface area (TPSA) is 20.2 Å². The van der Waals surface area contributed by atoms with Crippen LogP contribution in [-0.4, -0.2) is 10.7 Å². The van der Waals surface area contributed by atoms with Crippen LogP contribution < -0.4 is 0 Å². The summed E-state index contributed by atoms with van der Waals surface area (Å²) in [7, 11) is 0. The van der Waals surface area contributed by atoms with Crippen molar-refractivity contribution >= 4 is 15.9 Å². The summed E-state index contributed by atoms with van der Waals surface area (Å²) in [6.07, 6.45) is 3.79. The molecular formula is C13H19BrO. The standard InChI is InChI=1S/C13H19BrO/c1-3-4-9-13(2,15)10-11-7-5-6-8-12(11)14/h5-8,15H,3-4,9-10H2,1-2H3. The number of hydrogen-bond donors (Lipinski definition) is 1. The molecule has 84 valence electrons. The van der Waals surface area contributed by atoms with Crippen molar-refractivity contribution in [1.82, 2.24) is 0 Å². The molecule has 2 heteroatoms. The van der Waals surface area contributed by atoms with Crippen LogP contribution in [0.3, 0.4) is 0 Å². The lowest BCUT2D eigenvalue weighted by molar-refractivity contribution is 0.0488. The van der Waals surface area contributed by atoms with Gasteiger partial charge in [-0.25, -0.2) is 0 Å². The van der Waals surface area contributed by atoms with E-state index in [0.717, 1.165) is 23.7 Å². The monoisotopic (exact) mass is 270 g/mol. The fourth-order valence-corrected chi connectivity index (χ4v) is 2.12. The molecule has 0 radical (unpaired) electrons. The molecule has 0 amide bonds. The van der Waals surface area contributed by atoms with E-state index in [0.29, 0.717) is 6.42 Å². The Balaban J connectivity index is 2.64. The number of rotatable bonds is 5. The Kier molecular flexibility index (Phi) is 4.81. The first kappa shape index (κ1) is 12.7. The first-order chi connectivity index (χ1) is 7.05. The van der Waals surface area contributed by atoms with Gasteiger partial charge in [0.15, 0.2) is 0 Å². The van der Waals surface area contributed by atoms with E-state index in [-0.39, 0.29) is 0 Å². The van der Waals surface area contributed by atoms with Gasteiger partial charge >= 0.3 is 0 Å². The van der Waals surface area contributed by atoms with Crippen molar-refractivity contribution in [3.63, 3.8) is 0 Å². The zero-order valence-electron chi connectivity index (χ0n) is 9.46. The maximum absolute atomic E-state index is 10.2. The van der Waals surface area contributed by atoms with Gasteiger partial charge in [-0.05, 0) is 25.0 Å². The molecule has 0 bridgehead atoms. The van der Waals surface area contributed by atoms with E-state index in [9.17, 15) is 5.11 Å². The van der Waals surface area contributed by atoms with Crippen molar-refractivity contribution in [2.45, 2.75) is 45.1 Å². The predicted molar refractivity (Wildman–Crippen MR) is 68.0 cm³/mol. The van der Waals surface area contributed by atoms with Crippen LogP contribution in [0.2, 0.25) is 0 Å². The van der Waals surface area contributed by atoms with Crippen molar-refractivity contribution in [2.75, 3.05) is 0 Å². The molecule has 0 aromatic heterocycles. The first-order valence-corrected chi connectivity index (χ1v) is 6.30. The predicted octanol–water partition coefficient (Wildman–Crippen LogP) is 3.93. The minimum atomic E-state index is -0.583. The number of benzene rings is 1. The Morgan fingerprint density at radius 2 is 2.00 bits per heavy atom. The molecule has 0 aliphatic rings. The largest absolute Gasteiger partial charge is 0.390 e. The molecule has 1 atom stereocenters. The summed E-state index contributed by atoms with van der Waals surface area (Å²) in [4.78, 5) is 0. The highest BCUT2D eigenvalue weighted by Crippen LogP contribution is 2.24. The molecule has 15 heavy (non-hydrogen) atoms. The van der Waals surface area contributed by atoms with Gasteiger partial charge in [0.05, 0.1) is 5.60 Å². The highest BCUT2D eigenvalue weighted by molar-refractivity contribution is 9.10. The molecular weight excluding hydrogens is 252 g/mol. The van der Waals surface area contributed by atoms with Crippen LogP contribution in [0.5, 0.6) is 0 Å². The summed E-state index contributed by atoms with van der Waals surface area (Å²) in [5.41, 5.74) is 0.596. The van der Waals surface area contributed by atoms with Crippen molar-refractivity contribution in [3.05, 3.63) is 34.3 Å². The summed E-state index contributed by atoms with van der Waals surface area (Å²) in [5.74, 6) is 0. The van der Waals surface area contributed by atoms with Crippen molar-refractivity contribution < 1.29 is 5.11 Å². The molecule has 1 nitrogen and oxygen atoms in total. The zero-order chi connectivity index (χ0) is 11.3. The third-order valence-corrected chi connectivity index (χ3v) is 3.37. The molecule has 0 aliphatic heterocycles. The minimum absolute atomic E-state index is 0.583. The Morgan fingerprint density at radius 1 is 1.33 bits per heavy atom. The third kappa shape index (κ3) is 4.35. The fourth-order valence-electron chi connectivity index (χ4n) is 1.70. The maximum atomic E-state index is 10.2. The van der Waals surface area contributed by atoms with E-state index >= 15 is 0 Å². The average molecular weight is 271 g/mol. The van der Waals surface area contributed by atoms with Gasteiger partial charge in [0.1, 0.15) is 0 Å². The van der Waals surface area contributed by atoms with Crippen LogP contribution in [-0.2, 0) is 6.42 Å². The lowest BCUT2D eigenvalue weighted by atomic mass is 9.91. The van der Waals surface area contributed by atoms with Gasteiger partial charge in [-0.15, -0.1) is 0 Å². The van der Waals surface area contributed by atoms with Gasteiger partial charge in [0, 0.05) is 10.9 Å². The summed E-state index contributed by atoms with van der Waals surface area (Å²) in [5, 5.41) is 10.2. The lowest BCUT2D eigenvalue weighted by Crippen LogP contribution is -2.27. The fraction of sp³-hybridized carbons (Fsp3) is 0.538. The molecule has 1 unspecified atom stereocenters. The number of aliphatic hydroxyl groups is 1. The van der Waals surface area contributed by atoms with Crippen LogP contribution >= 0.6 is 15.9 Å². The summed E-state index contributed by atoms with van der Waals surface area (Å²) >= 11 is 3.51. The molecule has 0 heterocycles. The van der Waals surface area contributed by atoms with E-state index in [1.54, 1.807) is 0 Å². The quantitative estimate of drug-likeness (QED) is 0.860. The second-order valence-electron chi connectivity index (χ2n) is 4.37. The number of unbranched alkanes of at least 4 members (excludes halogenated alkanes) is 1. The number of halogens is 1. The van der Waals surface area contributed by atoms with Gasteiger partial charge in [-0.3, -0.25) is 0 Å². The van der Waals surface area contributed by atoms with E-state index in [1.165, 1.54) is 5.56 Å². The Labute approximate surface area is 101 Å². The van der Waals surface area contributed by atoms with Crippen LogP contribution in [0, 0.1) is 0 Å². The van der Waals surface area contributed by atoms with Gasteiger partial charge in [0.25, 0.3) is 0 Å². The molecule has 1 rings (SSSR count). The lowest BCUT2D eigenvalue weighted by Gasteiger charge is -2.23. The third-order valence-electron chi connectivity index (χ3n) is 2.60. The Bertz CT molecular complexity index is 307. The Hall–Kier alpha value is -0.340. The first-order valence-electron chi connectivity index (χ1n) is 5.51. The van der Waals surface area contributed by atoms with Crippen molar-refractivity contribution in [1.29, 1.82) is 0 Å². The van der Waals surface area contributed by atoms with Crippen molar-refractivity contribution in [3.8, 4) is 0 Å². The summed E-state index contributed by atoms with van der Waals surface area (Å²) < 4.78 is 1.08. The van der Waals surface area contributed by atoms with Crippen LogP contribution in [0.25, 0.3) is 0 Å². The van der Waals surface area contributed by atoms with Gasteiger partial charge in [0.2, 0.25) is 0 Å². The molecule has 1 aromatic rings. The van der Waals surface area contributed by atoms with Gasteiger partial charge < -0.3 is 5.11 Å². The zero-order valence-corrected chi connectivity index (χ0v) is 11.0. The van der Waals surface area contributed by atoms with Crippen LogP contribution in [0.15, 0.2) is 28.7 Å². The molecule has 1 aromatic carbocycles. The second kappa shape index (κ2) is 5.66. The second-order valence-corrected chi connectivity index (χ2v) is 5.22. The highest BCUT2D eigenvalue weighted by atomic mass is 79.9. The summed E-state index contributed by atoms with van der Waals surface area (Å²) in [6, 6.07) is 8.08. The van der Waals surface area contributed by atoms with Gasteiger partial charge in [-0.2, -0.15) is 0 Å². The summed E-state index contributed by atoms with van der Waals surface area (Å²) in [6.45, 7) is 4.07. The van der Waals surface area contributed by atoms with E-state index < -0.39 is 5.60 Å². The average Bonchev–Trinajstić information content (AvgIpc) is 2.18. The molecule has 0 aliphatic carbocycles. The maximum Gasteiger partial charge on any atom is 0.0660 e. The van der Waals surface area contributed by atoms with E-state index in [2.05, 4.69) is 28.9 Å². The molecule has 1 N–H and O–H groups in total.